The number of ether oxygens (including phenoxy) is 1. The second-order valence-corrected chi connectivity index (χ2v) is 8.25. The number of amides is 1. The predicted octanol–water partition coefficient (Wildman–Crippen LogP) is 5.32. The van der Waals surface area contributed by atoms with Crippen molar-refractivity contribution in [2.75, 3.05) is 12.4 Å². The van der Waals surface area contributed by atoms with Crippen LogP contribution in [0.5, 0.6) is 5.75 Å². The summed E-state index contributed by atoms with van der Waals surface area (Å²) in [7, 11) is 1.62. The smallest absolute Gasteiger partial charge is 0.258 e. The van der Waals surface area contributed by atoms with Crippen molar-refractivity contribution in [2.45, 2.75) is 18.8 Å². The van der Waals surface area contributed by atoms with Crippen LogP contribution in [0.4, 0.5) is 5.95 Å². The average molecular weight is 450 g/mol. The number of rotatable bonds is 5. The molecule has 5 rings (SSSR count). The van der Waals surface area contributed by atoms with E-state index in [1.807, 2.05) is 66.7 Å². The van der Waals surface area contributed by atoms with Gasteiger partial charge in [-0.15, -0.1) is 0 Å². The van der Waals surface area contributed by atoms with Gasteiger partial charge in [-0.25, -0.2) is 9.97 Å². The Morgan fingerprint density at radius 1 is 0.912 bits per heavy atom. The Morgan fingerprint density at radius 2 is 1.62 bits per heavy atom. The van der Waals surface area contributed by atoms with Gasteiger partial charge in [0.15, 0.2) is 5.78 Å². The van der Waals surface area contributed by atoms with Gasteiger partial charge < -0.3 is 4.74 Å². The van der Waals surface area contributed by atoms with Crippen LogP contribution in [0.3, 0.4) is 0 Å². The number of methoxy groups -OCH3 is 1. The Bertz CT molecular complexity index is 1330. The van der Waals surface area contributed by atoms with Gasteiger partial charge in [0.25, 0.3) is 5.91 Å². The highest BCUT2D eigenvalue weighted by Gasteiger charge is 2.28. The number of Topliss-reactive ketones (excluding diaryl/α,β-unsaturated/α-hetero) is 1. The van der Waals surface area contributed by atoms with Crippen molar-refractivity contribution in [1.29, 1.82) is 0 Å². The Hall–Kier alpha value is -4.32. The van der Waals surface area contributed by atoms with Gasteiger partial charge in [0.2, 0.25) is 5.95 Å². The summed E-state index contributed by atoms with van der Waals surface area (Å²) in [6.07, 6.45) is 2.52. The third-order valence-corrected chi connectivity index (χ3v) is 6.11. The molecule has 1 amide bonds. The highest BCUT2D eigenvalue weighted by molar-refractivity contribution is 6.04. The lowest BCUT2D eigenvalue weighted by Crippen LogP contribution is -2.22. The average Bonchev–Trinajstić information content (AvgIpc) is 2.89. The molecule has 6 nitrogen and oxygen atoms in total. The number of carbonyl (C=O) groups excluding carboxylic acids is 2. The highest BCUT2D eigenvalue weighted by Crippen LogP contribution is 2.32. The van der Waals surface area contributed by atoms with Gasteiger partial charge in [-0.3, -0.25) is 14.9 Å². The van der Waals surface area contributed by atoms with E-state index in [9.17, 15) is 9.59 Å². The number of nitrogens with one attached hydrogen (secondary N) is 1. The molecule has 0 saturated heterocycles. The lowest BCUT2D eigenvalue weighted by Gasteiger charge is -2.23. The number of hydrogen-bond acceptors (Lipinski definition) is 5. The maximum absolute atomic E-state index is 12.8. The fourth-order valence-corrected chi connectivity index (χ4v) is 4.24. The van der Waals surface area contributed by atoms with Crippen LogP contribution in [0.1, 0.15) is 44.3 Å². The van der Waals surface area contributed by atoms with E-state index in [1.165, 1.54) is 6.20 Å². The summed E-state index contributed by atoms with van der Waals surface area (Å²) in [5.74, 6) is 0.703. The summed E-state index contributed by atoms with van der Waals surface area (Å²) in [4.78, 5) is 34.2. The summed E-state index contributed by atoms with van der Waals surface area (Å²) in [6.45, 7) is 0. The fourth-order valence-electron chi connectivity index (χ4n) is 4.24. The molecular formula is C28H23N3O3. The van der Waals surface area contributed by atoms with E-state index in [4.69, 9.17) is 4.74 Å². The molecule has 6 heteroatoms. The number of carbonyl (C=O) groups is 2. The van der Waals surface area contributed by atoms with E-state index in [1.54, 1.807) is 19.2 Å². The van der Waals surface area contributed by atoms with Crippen LogP contribution < -0.4 is 10.1 Å². The molecule has 1 atom stereocenters. The number of nitrogens with zero attached hydrogens (tertiary/aromatic N) is 2. The highest BCUT2D eigenvalue weighted by atomic mass is 16.5. The van der Waals surface area contributed by atoms with E-state index in [0.717, 1.165) is 22.4 Å². The van der Waals surface area contributed by atoms with E-state index in [0.29, 0.717) is 29.7 Å². The van der Waals surface area contributed by atoms with Crippen molar-refractivity contribution in [3.8, 4) is 16.9 Å². The van der Waals surface area contributed by atoms with Crippen LogP contribution in [0.25, 0.3) is 11.1 Å². The summed E-state index contributed by atoms with van der Waals surface area (Å²) < 4.78 is 5.22. The normalized spacial score (nSPS) is 14.9. The second kappa shape index (κ2) is 9.27. The number of fused-ring (bicyclic) bond motifs is 1. The van der Waals surface area contributed by atoms with Crippen LogP contribution in [-0.4, -0.2) is 28.8 Å². The maximum Gasteiger partial charge on any atom is 0.258 e. The quantitative estimate of drug-likeness (QED) is 0.446. The van der Waals surface area contributed by atoms with Gasteiger partial charge in [0, 0.05) is 18.2 Å². The number of aromatic nitrogens is 2. The van der Waals surface area contributed by atoms with Gasteiger partial charge in [-0.05, 0) is 53.3 Å². The summed E-state index contributed by atoms with van der Waals surface area (Å²) >= 11 is 0. The summed E-state index contributed by atoms with van der Waals surface area (Å²) in [6, 6.07) is 25.1. The molecule has 34 heavy (non-hydrogen) atoms. The molecule has 168 valence electrons. The first-order valence-electron chi connectivity index (χ1n) is 11.1. The summed E-state index contributed by atoms with van der Waals surface area (Å²) in [5.41, 5.74) is 4.86. The Morgan fingerprint density at radius 3 is 2.32 bits per heavy atom. The van der Waals surface area contributed by atoms with Crippen molar-refractivity contribution >= 4 is 17.6 Å². The predicted molar refractivity (Wildman–Crippen MR) is 130 cm³/mol. The van der Waals surface area contributed by atoms with Crippen LogP contribution in [0.15, 0.2) is 85.1 Å². The molecule has 0 spiro atoms. The van der Waals surface area contributed by atoms with Crippen molar-refractivity contribution < 1.29 is 14.3 Å². The van der Waals surface area contributed by atoms with Crippen LogP contribution in [0.2, 0.25) is 0 Å². The van der Waals surface area contributed by atoms with Gasteiger partial charge >= 0.3 is 0 Å². The van der Waals surface area contributed by atoms with Crippen LogP contribution in [-0.2, 0) is 6.42 Å². The molecule has 0 bridgehead atoms. The molecule has 1 aliphatic carbocycles. The molecule has 1 aromatic heterocycles. The minimum absolute atomic E-state index is 0.0106. The number of benzene rings is 3. The minimum Gasteiger partial charge on any atom is -0.497 e. The first-order valence-corrected chi connectivity index (χ1v) is 11.1. The number of hydrogen-bond donors (Lipinski definition) is 1. The van der Waals surface area contributed by atoms with Gasteiger partial charge in [-0.1, -0.05) is 54.6 Å². The molecule has 0 radical (unpaired) electrons. The molecule has 1 N–H and O–H groups in total. The number of anilines is 1. The zero-order valence-electron chi connectivity index (χ0n) is 18.7. The largest absolute Gasteiger partial charge is 0.497 e. The maximum atomic E-state index is 12.8. The standard InChI is InChI=1S/C28H23N3O3/c1-34-23-13-11-20(12-14-23)22-15-25-24(26(32)16-22)17-29-28(30-25)31-27(33)21-9-7-19(8-10-21)18-5-3-2-4-6-18/h2-14,17,22H,15-16H2,1H3,(H,29,30,31,33)/t22-/m0/s1. The molecule has 0 aliphatic heterocycles. The zero-order valence-corrected chi connectivity index (χ0v) is 18.7. The zero-order chi connectivity index (χ0) is 23.5. The van der Waals surface area contributed by atoms with Crippen LogP contribution in [0, 0.1) is 0 Å². The third kappa shape index (κ3) is 4.43. The molecule has 0 saturated carbocycles. The third-order valence-electron chi connectivity index (χ3n) is 6.11. The van der Waals surface area contributed by atoms with E-state index in [-0.39, 0.29) is 23.6 Å². The molecule has 3 aromatic carbocycles. The summed E-state index contributed by atoms with van der Waals surface area (Å²) in [5, 5.41) is 2.76. The van der Waals surface area contributed by atoms with E-state index in [2.05, 4.69) is 15.3 Å². The Labute approximate surface area is 197 Å². The second-order valence-electron chi connectivity index (χ2n) is 8.25. The topological polar surface area (TPSA) is 81.2 Å². The van der Waals surface area contributed by atoms with Crippen molar-refractivity contribution in [3.63, 3.8) is 0 Å². The first-order chi connectivity index (χ1) is 16.6. The number of ketones is 1. The molecule has 0 unspecified atom stereocenters. The first kappa shape index (κ1) is 21.5. The van der Waals surface area contributed by atoms with Crippen molar-refractivity contribution in [1.82, 2.24) is 9.97 Å². The molecule has 4 aromatic rings. The Kier molecular flexibility index (Phi) is 5.87. The van der Waals surface area contributed by atoms with Crippen LogP contribution >= 0.6 is 0 Å². The lowest BCUT2D eigenvalue weighted by molar-refractivity contribution is 0.0962. The monoisotopic (exact) mass is 449 g/mol. The molecule has 1 heterocycles. The Balaban J connectivity index is 1.32. The van der Waals surface area contributed by atoms with Gasteiger partial charge in [0.05, 0.1) is 18.4 Å². The van der Waals surface area contributed by atoms with E-state index >= 15 is 0 Å². The SMILES string of the molecule is COc1ccc([C@@H]2CC(=O)c3cnc(NC(=O)c4ccc(-c5ccccc5)cc4)nc3C2)cc1. The van der Waals surface area contributed by atoms with Crippen molar-refractivity contribution in [3.05, 3.63) is 107 Å². The lowest BCUT2D eigenvalue weighted by atomic mass is 9.82. The molecule has 0 fully saturated rings. The fraction of sp³-hybridized carbons (Fsp3) is 0.143. The van der Waals surface area contributed by atoms with Gasteiger partial charge in [-0.2, -0.15) is 0 Å². The molecule has 1 aliphatic rings. The minimum atomic E-state index is -0.298. The molecular weight excluding hydrogens is 426 g/mol. The van der Waals surface area contributed by atoms with Gasteiger partial charge in [0.1, 0.15) is 5.75 Å². The van der Waals surface area contributed by atoms with Crippen molar-refractivity contribution in [2.24, 2.45) is 0 Å². The van der Waals surface area contributed by atoms with E-state index < -0.39 is 0 Å².